The summed E-state index contributed by atoms with van der Waals surface area (Å²) in [6.07, 6.45) is 2.35. The Balaban J connectivity index is 1.37. The number of nitrogens with zero attached hydrogens (tertiary/aromatic N) is 2. The molecule has 0 saturated carbocycles. The smallest absolute Gasteiger partial charge is 0.231 e. The summed E-state index contributed by atoms with van der Waals surface area (Å²) in [6, 6.07) is 10.1. The van der Waals surface area contributed by atoms with Gasteiger partial charge in [-0.1, -0.05) is 18.2 Å². The van der Waals surface area contributed by atoms with Crippen LogP contribution in [0.1, 0.15) is 12.8 Å². The summed E-state index contributed by atoms with van der Waals surface area (Å²) in [5.74, 6) is 1.80. The van der Waals surface area contributed by atoms with Crippen molar-refractivity contribution in [1.82, 2.24) is 4.90 Å². The van der Waals surface area contributed by atoms with Crippen LogP contribution in [0.25, 0.3) is 0 Å². The van der Waals surface area contributed by atoms with E-state index in [-0.39, 0.29) is 5.92 Å². The lowest BCUT2D eigenvalue weighted by molar-refractivity contribution is -0.120. The standard InChI is InChI=1S/C18H24N2O2/c21-18-17-13-19(10-14-6-8-22-9-7-14)11-15(17)12-20(18)16-4-2-1-3-5-16/h1-5,14-15,17H,6-13H2/t15-,17+/m0/s1. The van der Waals surface area contributed by atoms with Gasteiger partial charge in [0.05, 0.1) is 5.92 Å². The molecule has 1 aromatic carbocycles. The number of carbonyl (C=O) groups is 1. The van der Waals surface area contributed by atoms with Gasteiger partial charge < -0.3 is 14.5 Å². The number of likely N-dealkylation sites (tertiary alicyclic amines) is 1. The summed E-state index contributed by atoms with van der Waals surface area (Å²) in [7, 11) is 0. The second kappa shape index (κ2) is 6.01. The SMILES string of the molecule is O=C1[C@@H]2CN(CC3CCOCC3)C[C@H]2CN1c1ccccc1. The summed E-state index contributed by atoms with van der Waals surface area (Å²) in [6.45, 7) is 5.88. The molecule has 0 bridgehead atoms. The Labute approximate surface area is 132 Å². The molecule has 0 unspecified atom stereocenters. The normalized spacial score (nSPS) is 30.0. The predicted octanol–water partition coefficient (Wildman–Crippen LogP) is 2.01. The van der Waals surface area contributed by atoms with Crippen LogP contribution in [-0.2, 0) is 9.53 Å². The topological polar surface area (TPSA) is 32.8 Å². The van der Waals surface area contributed by atoms with Crippen molar-refractivity contribution < 1.29 is 9.53 Å². The molecule has 3 aliphatic heterocycles. The highest BCUT2D eigenvalue weighted by Gasteiger charge is 2.46. The molecule has 0 radical (unpaired) electrons. The molecule has 3 fully saturated rings. The maximum atomic E-state index is 12.7. The van der Waals surface area contributed by atoms with Crippen molar-refractivity contribution in [1.29, 1.82) is 0 Å². The van der Waals surface area contributed by atoms with Crippen molar-refractivity contribution >= 4 is 11.6 Å². The van der Waals surface area contributed by atoms with Crippen LogP contribution in [-0.4, -0.2) is 50.2 Å². The fourth-order valence-electron chi connectivity index (χ4n) is 4.23. The number of hydrogen-bond donors (Lipinski definition) is 0. The molecule has 0 N–H and O–H groups in total. The van der Waals surface area contributed by atoms with Gasteiger partial charge in [-0.25, -0.2) is 0 Å². The summed E-state index contributed by atoms with van der Waals surface area (Å²) in [5.41, 5.74) is 1.05. The van der Waals surface area contributed by atoms with E-state index in [1.165, 1.54) is 12.8 Å². The van der Waals surface area contributed by atoms with Crippen molar-refractivity contribution in [3.05, 3.63) is 30.3 Å². The van der Waals surface area contributed by atoms with Crippen LogP contribution >= 0.6 is 0 Å². The first-order valence-electron chi connectivity index (χ1n) is 8.48. The second-order valence-electron chi connectivity index (χ2n) is 6.93. The number of fused-ring (bicyclic) bond motifs is 1. The second-order valence-corrected chi connectivity index (χ2v) is 6.93. The Morgan fingerprint density at radius 1 is 1.05 bits per heavy atom. The minimum absolute atomic E-state index is 0.208. The number of benzene rings is 1. The van der Waals surface area contributed by atoms with Crippen molar-refractivity contribution in [2.45, 2.75) is 12.8 Å². The van der Waals surface area contributed by atoms with Gasteiger partial charge in [0.2, 0.25) is 5.91 Å². The van der Waals surface area contributed by atoms with Gasteiger partial charge in [-0.3, -0.25) is 4.79 Å². The van der Waals surface area contributed by atoms with E-state index < -0.39 is 0 Å². The first kappa shape index (κ1) is 14.2. The van der Waals surface area contributed by atoms with E-state index in [0.717, 1.165) is 51.0 Å². The average Bonchev–Trinajstić information content (AvgIpc) is 3.08. The molecule has 4 nitrogen and oxygen atoms in total. The summed E-state index contributed by atoms with van der Waals surface area (Å²) < 4.78 is 5.44. The van der Waals surface area contributed by atoms with Crippen LogP contribution in [0.5, 0.6) is 0 Å². The minimum Gasteiger partial charge on any atom is -0.381 e. The molecule has 4 heteroatoms. The highest BCUT2D eigenvalue weighted by Crippen LogP contribution is 2.35. The molecule has 1 amide bonds. The van der Waals surface area contributed by atoms with E-state index in [1.54, 1.807) is 0 Å². The van der Waals surface area contributed by atoms with E-state index in [9.17, 15) is 4.79 Å². The molecular weight excluding hydrogens is 276 g/mol. The molecule has 3 heterocycles. The van der Waals surface area contributed by atoms with E-state index in [4.69, 9.17) is 4.74 Å². The Kier molecular flexibility index (Phi) is 3.89. The molecule has 0 aromatic heterocycles. The van der Waals surface area contributed by atoms with Gasteiger partial charge in [-0.15, -0.1) is 0 Å². The molecule has 1 aromatic rings. The molecule has 118 valence electrons. The van der Waals surface area contributed by atoms with E-state index in [0.29, 0.717) is 11.8 Å². The van der Waals surface area contributed by atoms with Gasteiger partial charge in [-0.2, -0.15) is 0 Å². The molecule has 22 heavy (non-hydrogen) atoms. The summed E-state index contributed by atoms with van der Waals surface area (Å²) in [4.78, 5) is 17.2. The zero-order valence-corrected chi connectivity index (χ0v) is 13.0. The van der Waals surface area contributed by atoms with Crippen LogP contribution in [0, 0.1) is 17.8 Å². The van der Waals surface area contributed by atoms with E-state index in [2.05, 4.69) is 4.90 Å². The van der Waals surface area contributed by atoms with Crippen molar-refractivity contribution in [2.24, 2.45) is 17.8 Å². The maximum Gasteiger partial charge on any atom is 0.231 e. The minimum atomic E-state index is 0.208. The zero-order chi connectivity index (χ0) is 14.9. The predicted molar refractivity (Wildman–Crippen MR) is 85.8 cm³/mol. The van der Waals surface area contributed by atoms with Gasteiger partial charge in [0.15, 0.2) is 0 Å². The average molecular weight is 300 g/mol. The number of rotatable bonds is 3. The molecule has 0 spiro atoms. The van der Waals surface area contributed by atoms with Gasteiger partial charge in [-0.05, 0) is 30.9 Å². The number of amides is 1. The lowest BCUT2D eigenvalue weighted by Crippen LogP contribution is -2.36. The highest BCUT2D eigenvalue weighted by molar-refractivity contribution is 5.98. The Bertz CT molecular complexity index is 527. The van der Waals surface area contributed by atoms with Crippen LogP contribution in [0.4, 0.5) is 5.69 Å². The lowest BCUT2D eigenvalue weighted by atomic mass is 10.00. The number of anilines is 1. The van der Waals surface area contributed by atoms with Crippen molar-refractivity contribution in [3.8, 4) is 0 Å². The molecule has 3 saturated heterocycles. The first-order chi connectivity index (χ1) is 10.8. The fraction of sp³-hybridized carbons (Fsp3) is 0.611. The lowest BCUT2D eigenvalue weighted by Gasteiger charge is -2.28. The monoisotopic (exact) mass is 300 g/mol. The van der Waals surface area contributed by atoms with Crippen LogP contribution < -0.4 is 4.90 Å². The summed E-state index contributed by atoms with van der Waals surface area (Å²) >= 11 is 0. The quantitative estimate of drug-likeness (QED) is 0.856. The largest absolute Gasteiger partial charge is 0.381 e. The Hall–Kier alpha value is -1.39. The Morgan fingerprint density at radius 2 is 1.82 bits per heavy atom. The number of ether oxygens (including phenoxy) is 1. The van der Waals surface area contributed by atoms with Crippen molar-refractivity contribution in [3.63, 3.8) is 0 Å². The first-order valence-corrected chi connectivity index (χ1v) is 8.48. The summed E-state index contributed by atoms with van der Waals surface area (Å²) in [5, 5.41) is 0. The van der Waals surface area contributed by atoms with Gasteiger partial charge in [0, 0.05) is 51.0 Å². The number of carbonyl (C=O) groups excluding carboxylic acids is 1. The highest BCUT2D eigenvalue weighted by atomic mass is 16.5. The number of para-hydroxylation sites is 1. The van der Waals surface area contributed by atoms with Crippen LogP contribution in [0.15, 0.2) is 30.3 Å². The van der Waals surface area contributed by atoms with Gasteiger partial charge in [0.1, 0.15) is 0 Å². The van der Waals surface area contributed by atoms with Crippen LogP contribution in [0.2, 0.25) is 0 Å². The molecule has 2 atom stereocenters. The third kappa shape index (κ3) is 2.66. The molecule has 4 rings (SSSR count). The Morgan fingerprint density at radius 3 is 2.55 bits per heavy atom. The molecular formula is C18H24N2O2. The number of hydrogen-bond acceptors (Lipinski definition) is 3. The van der Waals surface area contributed by atoms with E-state index in [1.807, 2.05) is 35.2 Å². The fourth-order valence-corrected chi connectivity index (χ4v) is 4.23. The van der Waals surface area contributed by atoms with Crippen molar-refractivity contribution in [2.75, 3.05) is 44.3 Å². The van der Waals surface area contributed by atoms with Crippen LogP contribution in [0.3, 0.4) is 0 Å². The van der Waals surface area contributed by atoms with Gasteiger partial charge in [0.25, 0.3) is 0 Å². The maximum absolute atomic E-state index is 12.7. The third-order valence-electron chi connectivity index (χ3n) is 5.44. The zero-order valence-electron chi connectivity index (χ0n) is 13.0. The van der Waals surface area contributed by atoms with E-state index >= 15 is 0 Å². The van der Waals surface area contributed by atoms with Gasteiger partial charge >= 0.3 is 0 Å². The third-order valence-corrected chi connectivity index (χ3v) is 5.44. The molecule has 3 aliphatic rings. The molecule has 0 aliphatic carbocycles.